The van der Waals surface area contributed by atoms with Gasteiger partial charge in [-0.25, -0.2) is 4.98 Å². The summed E-state index contributed by atoms with van der Waals surface area (Å²) in [4.78, 5) is 16.4. The number of hydrogen-bond donors (Lipinski definition) is 1. The zero-order chi connectivity index (χ0) is 15.2. The first kappa shape index (κ1) is 16.4. The van der Waals surface area contributed by atoms with Crippen LogP contribution in [0.2, 0.25) is 0 Å². The molecule has 1 aromatic heterocycles. The molecule has 0 aliphatic heterocycles. The zero-order valence-electron chi connectivity index (χ0n) is 12.9. The minimum atomic E-state index is -0.828. The maximum absolute atomic E-state index is 12.2. The van der Waals surface area contributed by atoms with Crippen molar-refractivity contribution < 1.29 is 14.3 Å². The van der Waals surface area contributed by atoms with Crippen molar-refractivity contribution in [2.75, 3.05) is 19.0 Å². The van der Waals surface area contributed by atoms with E-state index in [0.29, 0.717) is 24.6 Å². The molecule has 5 nitrogen and oxygen atoms in total. The van der Waals surface area contributed by atoms with Crippen LogP contribution in [-0.4, -0.2) is 30.2 Å². The molecule has 0 fully saturated rings. The van der Waals surface area contributed by atoms with E-state index in [1.54, 1.807) is 13.1 Å². The SMILES string of the molecule is CCCOc1ncc(NC(=O)C(C)(CC)OC)cc1C. The molecule has 5 heteroatoms. The Kier molecular flexibility index (Phi) is 5.95. The van der Waals surface area contributed by atoms with Gasteiger partial charge in [0.05, 0.1) is 18.5 Å². The van der Waals surface area contributed by atoms with Crippen LogP contribution in [-0.2, 0) is 9.53 Å². The Morgan fingerprint density at radius 2 is 2.15 bits per heavy atom. The summed E-state index contributed by atoms with van der Waals surface area (Å²) >= 11 is 0. The fourth-order valence-corrected chi connectivity index (χ4v) is 1.64. The van der Waals surface area contributed by atoms with Crippen LogP contribution in [0.4, 0.5) is 5.69 Å². The van der Waals surface area contributed by atoms with E-state index in [1.165, 1.54) is 7.11 Å². The van der Waals surface area contributed by atoms with Crippen molar-refractivity contribution >= 4 is 11.6 Å². The molecule has 0 radical (unpaired) electrons. The number of aromatic nitrogens is 1. The first-order valence-corrected chi connectivity index (χ1v) is 6.92. The lowest BCUT2D eigenvalue weighted by Crippen LogP contribution is -2.41. The van der Waals surface area contributed by atoms with Gasteiger partial charge >= 0.3 is 0 Å². The van der Waals surface area contributed by atoms with Gasteiger partial charge in [0.1, 0.15) is 5.60 Å². The number of hydrogen-bond acceptors (Lipinski definition) is 4. The Morgan fingerprint density at radius 3 is 2.65 bits per heavy atom. The molecule has 1 heterocycles. The van der Waals surface area contributed by atoms with Gasteiger partial charge in [-0.1, -0.05) is 13.8 Å². The first-order valence-electron chi connectivity index (χ1n) is 6.92. The molecule has 0 spiro atoms. The summed E-state index contributed by atoms with van der Waals surface area (Å²) < 4.78 is 10.8. The van der Waals surface area contributed by atoms with Crippen LogP contribution >= 0.6 is 0 Å². The second-order valence-corrected chi connectivity index (χ2v) is 4.94. The van der Waals surface area contributed by atoms with E-state index < -0.39 is 5.60 Å². The largest absolute Gasteiger partial charge is 0.477 e. The number of amides is 1. The van der Waals surface area contributed by atoms with Crippen LogP contribution in [0.3, 0.4) is 0 Å². The number of nitrogens with zero attached hydrogens (tertiary/aromatic N) is 1. The highest BCUT2D eigenvalue weighted by Gasteiger charge is 2.31. The number of nitrogens with one attached hydrogen (secondary N) is 1. The summed E-state index contributed by atoms with van der Waals surface area (Å²) in [6, 6.07) is 1.85. The number of carbonyl (C=O) groups is 1. The van der Waals surface area contributed by atoms with Gasteiger partial charge in [-0.05, 0) is 32.8 Å². The molecular formula is C15H24N2O3. The molecule has 0 saturated heterocycles. The number of anilines is 1. The van der Waals surface area contributed by atoms with Gasteiger partial charge in [-0.2, -0.15) is 0 Å². The average molecular weight is 280 g/mol. The minimum Gasteiger partial charge on any atom is -0.477 e. The number of aryl methyl sites for hydroxylation is 1. The quantitative estimate of drug-likeness (QED) is 0.834. The Balaban J connectivity index is 2.79. The van der Waals surface area contributed by atoms with Crippen LogP contribution < -0.4 is 10.1 Å². The molecule has 0 bridgehead atoms. The van der Waals surface area contributed by atoms with E-state index >= 15 is 0 Å². The number of carbonyl (C=O) groups excluding carboxylic acids is 1. The second kappa shape index (κ2) is 7.24. The number of pyridine rings is 1. The highest BCUT2D eigenvalue weighted by atomic mass is 16.5. The van der Waals surface area contributed by atoms with Crippen LogP contribution in [0.1, 0.15) is 39.2 Å². The molecule has 0 aliphatic carbocycles. The van der Waals surface area contributed by atoms with Crippen LogP contribution in [0, 0.1) is 6.92 Å². The van der Waals surface area contributed by atoms with E-state index in [4.69, 9.17) is 9.47 Å². The van der Waals surface area contributed by atoms with E-state index in [-0.39, 0.29) is 5.91 Å². The second-order valence-electron chi connectivity index (χ2n) is 4.94. The highest BCUT2D eigenvalue weighted by molar-refractivity contribution is 5.96. The van der Waals surface area contributed by atoms with Gasteiger partial charge in [0.25, 0.3) is 5.91 Å². The molecule has 0 aliphatic rings. The molecule has 112 valence electrons. The third kappa shape index (κ3) is 3.93. The van der Waals surface area contributed by atoms with E-state index in [0.717, 1.165) is 12.0 Å². The lowest BCUT2D eigenvalue weighted by molar-refractivity contribution is -0.136. The molecule has 20 heavy (non-hydrogen) atoms. The molecule has 1 unspecified atom stereocenters. The lowest BCUT2D eigenvalue weighted by atomic mass is 10.0. The van der Waals surface area contributed by atoms with Crippen LogP contribution in [0.25, 0.3) is 0 Å². The summed E-state index contributed by atoms with van der Waals surface area (Å²) in [6.07, 6.45) is 3.13. The third-order valence-electron chi connectivity index (χ3n) is 3.34. The van der Waals surface area contributed by atoms with Gasteiger partial charge in [0.2, 0.25) is 5.88 Å². The van der Waals surface area contributed by atoms with Gasteiger partial charge in [-0.15, -0.1) is 0 Å². The van der Waals surface area contributed by atoms with Crippen molar-refractivity contribution in [1.82, 2.24) is 4.98 Å². The van der Waals surface area contributed by atoms with Crippen LogP contribution in [0.5, 0.6) is 5.88 Å². The Labute approximate surface area is 120 Å². The smallest absolute Gasteiger partial charge is 0.256 e. The monoisotopic (exact) mass is 280 g/mol. The van der Waals surface area contributed by atoms with E-state index in [1.807, 2.05) is 26.8 Å². The van der Waals surface area contributed by atoms with Gasteiger partial charge in [0.15, 0.2) is 0 Å². The zero-order valence-corrected chi connectivity index (χ0v) is 12.9. The molecule has 1 N–H and O–H groups in total. The number of ether oxygens (including phenoxy) is 2. The fourth-order valence-electron chi connectivity index (χ4n) is 1.64. The Hall–Kier alpha value is -1.62. The molecule has 1 amide bonds. The van der Waals surface area contributed by atoms with Crippen molar-refractivity contribution in [2.24, 2.45) is 0 Å². The fraction of sp³-hybridized carbons (Fsp3) is 0.600. The molecule has 1 atom stereocenters. The molecule has 1 aromatic rings. The normalized spacial score (nSPS) is 13.7. The molecule has 0 aromatic carbocycles. The topological polar surface area (TPSA) is 60.5 Å². The van der Waals surface area contributed by atoms with Crippen molar-refractivity contribution in [3.8, 4) is 5.88 Å². The number of rotatable bonds is 7. The summed E-state index contributed by atoms with van der Waals surface area (Å²) in [7, 11) is 1.54. The average Bonchev–Trinajstić information content (AvgIpc) is 2.45. The van der Waals surface area contributed by atoms with Crippen molar-refractivity contribution in [3.63, 3.8) is 0 Å². The maximum atomic E-state index is 12.2. The van der Waals surface area contributed by atoms with Gasteiger partial charge in [-0.3, -0.25) is 4.79 Å². The maximum Gasteiger partial charge on any atom is 0.256 e. The molecule has 0 saturated carbocycles. The van der Waals surface area contributed by atoms with Crippen molar-refractivity contribution in [3.05, 3.63) is 17.8 Å². The predicted molar refractivity (Wildman–Crippen MR) is 79.1 cm³/mol. The minimum absolute atomic E-state index is 0.175. The summed E-state index contributed by atoms with van der Waals surface area (Å²) in [5.41, 5.74) is 0.714. The van der Waals surface area contributed by atoms with Gasteiger partial charge in [0, 0.05) is 12.7 Å². The van der Waals surface area contributed by atoms with E-state index in [9.17, 15) is 4.79 Å². The predicted octanol–water partition coefficient (Wildman–Crippen LogP) is 2.93. The van der Waals surface area contributed by atoms with Crippen LogP contribution in [0.15, 0.2) is 12.3 Å². The molecular weight excluding hydrogens is 256 g/mol. The summed E-state index contributed by atoms with van der Waals surface area (Å²) in [6.45, 7) is 8.26. The van der Waals surface area contributed by atoms with Crippen molar-refractivity contribution in [1.29, 1.82) is 0 Å². The highest BCUT2D eigenvalue weighted by Crippen LogP contribution is 2.21. The lowest BCUT2D eigenvalue weighted by Gasteiger charge is -2.25. The Bertz CT molecular complexity index is 456. The Morgan fingerprint density at radius 1 is 1.45 bits per heavy atom. The summed E-state index contributed by atoms with van der Waals surface area (Å²) in [5.74, 6) is 0.431. The molecule has 1 rings (SSSR count). The third-order valence-corrected chi connectivity index (χ3v) is 3.34. The number of methoxy groups -OCH3 is 1. The van der Waals surface area contributed by atoms with Gasteiger partial charge < -0.3 is 14.8 Å². The summed E-state index contributed by atoms with van der Waals surface area (Å²) in [5, 5.41) is 2.83. The first-order chi connectivity index (χ1) is 9.46. The van der Waals surface area contributed by atoms with E-state index in [2.05, 4.69) is 10.3 Å². The standard InChI is InChI=1S/C15H24N2O3/c1-6-8-20-13-11(3)9-12(10-16-13)17-14(18)15(4,7-2)19-5/h9-10H,6-8H2,1-5H3,(H,17,18). The van der Waals surface area contributed by atoms with Crippen molar-refractivity contribution in [2.45, 2.75) is 46.1 Å².